The van der Waals surface area contributed by atoms with Crippen LogP contribution in [0.5, 0.6) is 5.75 Å². The number of ether oxygens (including phenoxy) is 1. The molecule has 0 radical (unpaired) electrons. The predicted molar refractivity (Wildman–Crippen MR) is 60.8 cm³/mol. The van der Waals surface area contributed by atoms with Gasteiger partial charge in [-0.15, -0.1) is 3.89 Å². The quantitative estimate of drug-likeness (QED) is 0.572. The molecule has 1 rings (SSSR count). The Kier molecular flexibility index (Phi) is 4.73. The number of hydrogen-bond acceptors (Lipinski definition) is 3. The first-order valence-corrected chi connectivity index (χ1v) is 6.65. The first kappa shape index (κ1) is 13.0. The Morgan fingerprint density at radius 1 is 1.25 bits per heavy atom. The maximum atomic E-state index is 12.1. The van der Waals surface area contributed by atoms with Gasteiger partial charge in [0.25, 0.3) is 0 Å². The fourth-order valence-corrected chi connectivity index (χ4v) is 1.83. The van der Waals surface area contributed by atoms with Crippen molar-refractivity contribution in [3.8, 4) is 5.75 Å². The summed E-state index contributed by atoms with van der Waals surface area (Å²) in [6.45, 7) is 2.34. The Hall–Kier alpha value is -1.10. The summed E-state index contributed by atoms with van der Waals surface area (Å²) in [5.41, 5.74) is 1.03. The minimum atomic E-state index is -4.33. The van der Waals surface area contributed by atoms with Crippen LogP contribution in [0.25, 0.3) is 0 Å². The lowest BCUT2D eigenvalue weighted by Gasteiger charge is -2.07. The van der Waals surface area contributed by atoms with Crippen LogP contribution in [0, 0.1) is 6.92 Å². The molecule has 0 aliphatic rings. The van der Waals surface area contributed by atoms with E-state index in [1.807, 2.05) is 31.2 Å². The molecule has 0 fully saturated rings. The second-order valence-electron chi connectivity index (χ2n) is 3.56. The highest BCUT2D eigenvalue weighted by Crippen LogP contribution is 2.16. The molecule has 0 amide bonds. The number of halogens is 1. The summed E-state index contributed by atoms with van der Waals surface area (Å²) in [4.78, 5) is 0. The van der Waals surface area contributed by atoms with E-state index in [0.29, 0.717) is 13.0 Å². The molecule has 3 nitrogen and oxygen atoms in total. The highest BCUT2D eigenvalue weighted by Gasteiger charge is 2.06. The first-order chi connectivity index (χ1) is 7.49. The zero-order valence-electron chi connectivity index (χ0n) is 9.15. The Labute approximate surface area is 95.5 Å². The van der Waals surface area contributed by atoms with Crippen molar-refractivity contribution in [3.63, 3.8) is 0 Å². The molecule has 0 atom stereocenters. The second-order valence-corrected chi connectivity index (χ2v) is 5.05. The van der Waals surface area contributed by atoms with Crippen LogP contribution in [0.1, 0.15) is 18.4 Å². The zero-order valence-corrected chi connectivity index (χ0v) is 9.97. The molecule has 0 saturated heterocycles. The van der Waals surface area contributed by atoms with Crippen molar-refractivity contribution in [1.29, 1.82) is 0 Å². The summed E-state index contributed by atoms with van der Waals surface area (Å²) in [6.07, 6.45) is 0.808. The number of hydrogen-bond donors (Lipinski definition) is 0. The Morgan fingerprint density at radius 2 is 1.94 bits per heavy atom. The van der Waals surface area contributed by atoms with E-state index < -0.39 is 16.0 Å². The molecule has 0 unspecified atom stereocenters. The number of rotatable bonds is 6. The highest BCUT2D eigenvalue weighted by atomic mass is 32.3. The first-order valence-electron chi connectivity index (χ1n) is 5.10. The van der Waals surface area contributed by atoms with Gasteiger partial charge in [0.2, 0.25) is 0 Å². The number of para-hydroxylation sites is 1. The van der Waals surface area contributed by atoms with Gasteiger partial charge in [0.15, 0.2) is 0 Å². The zero-order chi connectivity index (χ0) is 12.0. The van der Waals surface area contributed by atoms with Gasteiger partial charge in [0.05, 0.1) is 12.4 Å². The molecule has 0 aromatic heterocycles. The summed E-state index contributed by atoms with van der Waals surface area (Å²) >= 11 is 0. The Morgan fingerprint density at radius 3 is 2.56 bits per heavy atom. The van der Waals surface area contributed by atoms with E-state index in [-0.39, 0.29) is 6.42 Å². The van der Waals surface area contributed by atoms with Crippen LogP contribution >= 0.6 is 0 Å². The van der Waals surface area contributed by atoms with Crippen molar-refractivity contribution in [2.24, 2.45) is 0 Å². The molecule has 0 aliphatic heterocycles. The van der Waals surface area contributed by atoms with Gasteiger partial charge in [-0.3, -0.25) is 0 Å². The van der Waals surface area contributed by atoms with E-state index in [2.05, 4.69) is 0 Å². The minimum Gasteiger partial charge on any atom is -0.493 e. The van der Waals surface area contributed by atoms with E-state index in [4.69, 9.17) is 4.74 Å². The molecule has 0 saturated carbocycles. The number of benzene rings is 1. The molecule has 0 bridgehead atoms. The molecule has 1 aromatic rings. The van der Waals surface area contributed by atoms with Crippen LogP contribution in [-0.4, -0.2) is 20.8 Å². The maximum absolute atomic E-state index is 12.1. The molecule has 0 N–H and O–H groups in total. The van der Waals surface area contributed by atoms with E-state index in [9.17, 15) is 12.3 Å². The number of aryl methyl sites for hydroxylation is 1. The van der Waals surface area contributed by atoms with Gasteiger partial charge in [0.1, 0.15) is 5.75 Å². The average molecular weight is 246 g/mol. The Balaban J connectivity index is 2.24. The summed E-state index contributed by atoms with van der Waals surface area (Å²) in [7, 11) is -4.33. The van der Waals surface area contributed by atoms with Crippen LogP contribution in [0.2, 0.25) is 0 Å². The van der Waals surface area contributed by atoms with Gasteiger partial charge in [-0.25, -0.2) is 0 Å². The molecule has 1 aromatic carbocycles. The molecule has 16 heavy (non-hydrogen) atoms. The monoisotopic (exact) mass is 246 g/mol. The van der Waals surface area contributed by atoms with Crippen molar-refractivity contribution in [2.75, 3.05) is 12.4 Å². The largest absolute Gasteiger partial charge is 0.493 e. The van der Waals surface area contributed by atoms with Gasteiger partial charge < -0.3 is 4.74 Å². The fraction of sp³-hybridized carbons (Fsp3) is 0.455. The molecule has 0 heterocycles. The lowest BCUT2D eigenvalue weighted by molar-refractivity contribution is 0.307. The van der Waals surface area contributed by atoms with Crippen molar-refractivity contribution in [2.45, 2.75) is 19.8 Å². The smallest absolute Gasteiger partial charge is 0.302 e. The lowest BCUT2D eigenvalue weighted by atomic mass is 10.2. The molecular formula is C11H15FO3S. The molecule has 0 aliphatic carbocycles. The van der Waals surface area contributed by atoms with E-state index in [1.54, 1.807) is 0 Å². The van der Waals surface area contributed by atoms with Crippen LogP contribution in [0.4, 0.5) is 3.89 Å². The molecule has 0 spiro atoms. The van der Waals surface area contributed by atoms with Crippen LogP contribution in [0.15, 0.2) is 24.3 Å². The van der Waals surface area contributed by atoms with E-state index in [1.165, 1.54) is 0 Å². The van der Waals surface area contributed by atoms with Gasteiger partial charge in [0, 0.05) is 0 Å². The third-order valence-electron chi connectivity index (χ3n) is 2.13. The maximum Gasteiger partial charge on any atom is 0.302 e. The van der Waals surface area contributed by atoms with Crippen LogP contribution in [0.3, 0.4) is 0 Å². The summed E-state index contributed by atoms with van der Waals surface area (Å²) in [5.74, 6) is 0.357. The average Bonchev–Trinajstić information content (AvgIpc) is 2.18. The molecule has 5 heteroatoms. The third kappa shape index (κ3) is 5.11. The third-order valence-corrected chi connectivity index (χ3v) is 2.91. The highest BCUT2D eigenvalue weighted by molar-refractivity contribution is 7.86. The minimum absolute atomic E-state index is 0.282. The fourth-order valence-electron chi connectivity index (χ4n) is 1.28. The number of unbranched alkanes of at least 4 members (excludes halogenated alkanes) is 1. The van der Waals surface area contributed by atoms with Gasteiger partial charge in [-0.05, 0) is 31.4 Å². The molecular weight excluding hydrogens is 231 g/mol. The molecule has 90 valence electrons. The summed E-state index contributed by atoms with van der Waals surface area (Å²) in [5, 5.41) is 0. The van der Waals surface area contributed by atoms with Crippen LogP contribution in [-0.2, 0) is 10.2 Å². The second kappa shape index (κ2) is 5.84. The summed E-state index contributed by atoms with van der Waals surface area (Å²) < 4.78 is 38.0. The Bertz CT molecular complexity index is 429. The van der Waals surface area contributed by atoms with Crippen molar-refractivity contribution in [1.82, 2.24) is 0 Å². The van der Waals surface area contributed by atoms with E-state index in [0.717, 1.165) is 11.3 Å². The van der Waals surface area contributed by atoms with Gasteiger partial charge in [-0.1, -0.05) is 18.2 Å². The van der Waals surface area contributed by atoms with E-state index >= 15 is 0 Å². The van der Waals surface area contributed by atoms with Crippen molar-refractivity contribution >= 4 is 10.2 Å². The van der Waals surface area contributed by atoms with Crippen molar-refractivity contribution < 1.29 is 17.0 Å². The summed E-state index contributed by atoms with van der Waals surface area (Å²) in [6, 6.07) is 7.56. The topological polar surface area (TPSA) is 43.4 Å². The lowest BCUT2D eigenvalue weighted by Crippen LogP contribution is -2.03. The van der Waals surface area contributed by atoms with Gasteiger partial charge >= 0.3 is 10.2 Å². The SMILES string of the molecule is Cc1ccccc1OCCCCS(=O)(=O)F. The normalized spacial score (nSPS) is 11.4. The predicted octanol–water partition coefficient (Wildman–Crippen LogP) is 2.45. The van der Waals surface area contributed by atoms with Crippen molar-refractivity contribution in [3.05, 3.63) is 29.8 Å². The van der Waals surface area contributed by atoms with Crippen LogP contribution < -0.4 is 4.74 Å². The van der Waals surface area contributed by atoms with Gasteiger partial charge in [-0.2, -0.15) is 8.42 Å². The standard InChI is InChI=1S/C11H15FO3S/c1-10-6-2-3-7-11(10)15-8-4-5-9-16(12,13)14/h2-3,6-7H,4-5,8-9H2,1H3.